The maximum absolute atomic E-state index is 12.8. The lowest BCUT2D eigenvalue weighted by Gasteiger charge is -2.35. The molecule has 3 aromatic rings. The minimum absolute atomic E-state index is 0.0858. The lowest BCUT2D eigenvalue weighted by Crippen LogP contribution is -2.49. The van der Waals surface area contributed by atoms with Gasteiger partial charge < -0.3 is 14.7 Å². The first-order valence-corrected chi connectivity index (χ1v) is 9.81. The lowest BCUT2D eigenvalue weighted by molar-refractivity contribution is 0.0746. The Kier molecular flexibility index (Phi) is 5.42. The smallest absolute Gasteiger partial charge is 0.253 e. The van der Waals surface area contributed by atoms with E-state index >= 15 is 0 Å². The minimum Gasteiger partial charge on any atom is -0.378 e. The second-order valence-corrected chi connectivity index (χ2v) is 7.35. The van der Waals surface area contributed by atoms with Gasteiger partial charge >= 0.3 is 0 Å². The molecule has 0 spiro atoms. The summed E-state index contributed by atoms with van der Waals surface area (Å²) < 4.78 is 0. The summed E-state index contributed by atoms with van der Waals surface area (Å²) in [6, 6.07) is 19.9. The highest BCUT2D eigenvalue weighted by Crippen LogP contribution is 2.22. The van der Waals surface area contributed by atoms with Crippen LogP contribution in [0.2, 0.25) is 0 Å². The van der Waals surface area contributed by atoms with Crippen molar-refractivity contribution in [1.82, 2.24) is 14.9 Å². The molecule has 0 aliphatic carbocycles. The monoisotopic (exact) mass is 387 g/mol. The van der Waals surface area contributed by atoms with Gasteiger partial charge in [0.2, 0.25) is 0 Å². The standard InChI is InChI=1S/C23H25N5O/c1-26(2)20-10-8-19(9-11-20)23(29)28-14-12-27(13-15-28)22-16-21(24-17-25-22)18-6-4-3-5-7-18/h3-11,16-17H,12-15H2,1-2H3. The molecule has 29 heavy (non-hydrogen) atoms. The van der Waals surface area contributed by atoms with Crippen LogP contribution in [0.1, 0.15) is 10.4 Å². The number of nitrogens with zero attached hydrogens (tertiary/aromatic N) is 5. The molecule has 6 nitrogen and oxygen atoms in total. The van der Waals surface area contributed by atoms with Crippen LogP contribution in [0.3, 0.4) is 0 Å². The van der Waals surface area contributed by atoms with Crippen molar-refractivity contribution in [2.24, 2.45) is 0 Å². The molecule has 1 aliphatic heterocycles. The molecule has 0 N–H and O–H groups in total. The Morgan fingerprint density at radius 2 is 1.59 bits per heavy atom. The number of hydrogen-bond donors (Lipinski definition) is 0. The molecule has 6 heteroatoms. The molecule has 4 rings (SSSR count). The molecule has 1 amide bonds. The first kappa shape index (κ1) is 18.9. The summed E-state index contributed by atoms with van der Waals surface area (Å²) >= 11 is 0. The molecule has 1 saturated heterocycles. The molecule has 0 saturated carbocycles. The van der Waals surface area contributed by atoms with Gasteiger partial charge in [0.25, 0.3) is 5.91 Å². The largest absolute Gasteiger partial charge is 0.378 e. The number of carbonyl (C=O) groups excluding carboxylic acids is 1. The third kappa shape index (κ3) is 4.21. The van der Waals surface area contributed by atoms with Gasteiger partial charge in [-0.25, -0.2) is 9.97 Å². The van der Waals surface area contributed by atoms with Crippen LogP contribution in [0.15, 0.2) is 67.0 Å². The van der Waals surface area contributed by atoms with Gasteiger partial charge in [-0.2, -0.15) is 0 Å². The van der Waals surface area contributed by atoms with Gasteiger partial charge in [0, 0.05) is 63.2 Å². The predicted molar refractivity (Wildman–Crippen MR) is 116 cm³/mol. The summed E-state index contributed by atoms with van der Waals surface area (Å²) in [5.41, 5.74) is 3.81. The van der Waals surface area contributed by atoms with Crippen LogP contribution in [0, 0.1) is 0 Å². The third-order valence-corrected chi connectivity index (χ3v) is 5.24. The Balaban J connectivity index is 1.41. The van der Waals surface area contributed by atoms with Crippen molar-refractivity contribution in [3.05, 3.63) is 72.6 Å². The highest BCUT2D eigenvalue weighted by atomic mass is 16.2. The maximum Gasteiger partial charge on any atom is 0.253 e. The van der Waals surface area contributed by atoms with Crippen molar-refractivity contribution in [1.29, 1.82) is 0 Å². The Labute approximate surface area is 171 Å². The molecule has 1 aliphatic rings. The van der Waals surface area contributed by atoms with Crippen molar-refractivity contribution in [3.8, 4) is 11.3 Å². The zero-order chi connectivity index (χ0) is 20.2. The number of rotatable bonds is 4. The van der Waals surface area contributed by atoms with Gasteiger partial charge in [-0.1, -0.05) is 30.3 Å². The van der Waals surface area contributed by atoms with Crippen molar-refractivity contribution in [2.45, 2.75) is 0 Å². The SMILES string of the molecule is CN(C)c1ccc(C(=O)N2CCN(c3cc(-c4ccccc4)ncn3)CC2)cc1. The van der Waals surface area contributed by atoms with Crippen molar-refractivity contribution in [2.75, 3.05) is 50.1 Å². The van der Waals surface area contributed by atoms with Crippen LogP contribution in [0.4, 0.5) is 11.5 Å². The average molecular weight is 387 g/mol. The molecular weight excluding hydrogens is 362 g/mol. The number of benzene rings is 2. The number of aromatic nitrogens is 2. The van der Waals surface area contributed by atoms with Gasteiger partial charge in [-0.05, 0) is 24.3 Å². The molecule has 2 aromatic carbocycles. The van der Waals surface area contributed by atoms with Crippen molar-refractivity contribution >= 4 is 17.4 Å². The minimum atomic E-state index is 0.0858. The molecule has 1 fully saturated rings. The Hall–Kier alpha value is -3.41. The highest BCUT2D eigenvalue weighted by molar-refractivity contribution is 5.94. The zero-order valence-electron chi connectivity index (χ0n) is 16.8. The fourth-order valence-corrected chi connectivity index (χ4v) is 3.51. The molecule has 148 valence electrons. The van der Waals surface area contributed by atoms with E-state index in [9.17, 15) is 4.79 Å². The molecule has 0 unspecified atom stereocenters. The van der Waals surface area contributed by atoms with Gasteiger partial charge in [0.05, 0.1) is 5.69 Å². The van der Waals surface area contributed by atoms with Crippen LogP contribution >= 0.6 is 0 Å². The molecule has 2 heterocycles. The number of carbonyl (C=O) groups is 1. The quantitative estimate of drug-likeness (QED) is 0.688. The Bertz CT molecular complexity index is 964. The first-order valence-electron chi connectivity index (χ1n) is 9.81. The van der Waals surface area contributed by atoms with Gasteiger partial charge in [-0.3, -0.25) is 4.79 Å². The Morgan fingerprint density at radius 1 is 0.897 bits per heavy atom. The fraction of sp³-hybridized carbons (Fsp3) is 0.261. The topological polar surface area (TPSA) is 52.6 Å². The van der Waals surface area contributed by atoms with E-state index in [1.165, 1.54) is 0 Å². The summed E-state index contributed by atoms with van der Waals surface area (Å²) in [5.74, 6) is 0.990. The van der Waals surface area contributed by atoms with Crippen LogP contribution in [0.25, 0.3) is 11.3 Å². The van der Waals surface area contributed by atoms with E-state index in [-0.39, 0.29) is 5.91 Å². The summed E-state index contributed by atoms with van der Waals surface area (Å²) in [6.45, 7) is 2.87. The van der Waals surface area contributed by atoms with E-state index in [1.54, 1.807) is 6.33 Å². The molecular formula is C23H25N5O. The number of piperazine rings is 1. The van der Waals surface area contributed by atoms with E-state index in [0.717, 1.165) is 41.4 Å². The summed E-state index contributed by atoms with van der Waals surface area (Å²) in [4.78, 5) is 27.8. The first-order chi connectivity index (χ1) is 14.1. The van der Waals surface area contributed by atoms with Crippen LogP contribution in [-0.2, 0) is 0 Å². The van der Waals surface area contributed by atoms with E-state index in [1.807, 2.05) is 84.6 Å². The predicted octanol–water partition coefficient (Wildman–Crippen LogP) is 3.17. The molecule has 1 aromatic heterocycles. The van der Waals surface area contributed by atoms with E-state index in [0.29, 0.717) is 13.1 Å². The summed E-state index contributed by atoms with van der Waals surface area (Å²) in [6.07, 6.45) is 1.61. The zero-order valence-corrected chi connectivity index (χ0v) is 16.8. The fourth-order valence-electron chi connectivity index (χ4n) is 3.51. The van der Waals surface area contributed by atoms with Gasteiger partial charge in [-0.15, -0.1) is 0 Å². The van der Waals surface area contributed by atoms with E-state index in [2.05, 4.69) is 14.9 Å². The van der Waals surface area contributed by atoms with E-state index < -0.39 is 0 Å². The lowest BCUT2D eigenvalue weighted by atomic mass is 10.1. The average Bonchev–Trinajstić information content (AvgIpc) is 2.79. The molecule has 0 atom stereocenters. The molecule has 0 radical (unpaired) electrons. The van der Waals surface area contributed by atoms with Crippen LogP contribution < -0.4 is 9.80 Å². The number of anilines is 2. The highest BCUT2D eigenvalue weighted by Gasteiger charge is 2.23. The Morgan fingerprint density at radius 3 is 2.24 bits per heavy atom. The van der Waals surface area contributed by atoms with Gasteiger partial charge in [0.1, 0.15) is 12.1 Å². The summed E-state index contributed by atoms with van der Waals surface area (Å²) in [7, 11) is 3.98. The molecule has 0 bridgehead atoms. The number of hydrogen-bond acceptors (Lipinski definition) is 5. The second-order valence-electron chi connectivity index (χ2n) is 7.35. The third-order valence-electron chi connectivity index (χ3n) is 5.24. The number of amides is 1. The van der Waals surface area contributed by atoms with Crippen molar-refractivity contribution in [3.63, 3.8) is 0 Å². The normalized spacial score (nSPS) is 14.0. The van der Waals surface area contributed by atoms with Crippen LogP contribution in [-0.4, -0.2) is 61.0 Å². The maximum atomic E-state index is 12.8. The second kappa shape index (κ2) is 8.31. The summed E-state index contributed by atoms with van der Waals surface area (Å²) in [5, 5.41) is 0. The van der Waals surface area contributed by atoms with Crippen molar-refractivity contribution < 1.29 is 4.79 Å². The van der Waals surface area contributed by atoms with E-state index in [4.69, 9.17) is 0 Å². The van der Waals surface area contributed by atoms with Gasteiger partial charge in [0.15, 0.2) is 0 Å². The van der Waals surface area contributed by atoms with Crippen LogP contribution in [0.5, 0.6) is 0 Å².